The van der Waals surface area contributed by atoms with Crippen LogP contribution in [-0.2, 0) is 0 Å². The summed E-state index contributed by atoms with van der Waals surface area (Å²) in [5, 5.41) is 8.77. The number of piperazine rings is 1. The Kier molecular flexibility index (Phi) is 7.08. The van der Waals surface area contributed by atoms with Gasteiger partial charge in [0, 0.05) is 49.5 Å². The fraction of sp³-hybridized carbons (Fsp3) is 0.519. The molecule has 7 heteroatoms. The molecule has 7 nitrogen and oxygen atoms in total. The number of hydrogen-bond acceptors (Lipinski definition) is 7. The van der Waals surface area contributed by atoms with E-state index in [2.05, 4.69) is 46.5 Å². The van der Waals surface area contributed by atoms with E-state index in [1.54, 1.807) is 6.33 Å². The summed E-state index contributed by atoms with van der Waals surface area (Å²) in [7, 11) is 0. The Morgan fingerprint density at radius 1 is 1.18 bits per heavy atom. The van der Waals surface area contributed by atoms with Crippen molar-refractivity contribution in [3.63, 3.8) is 0 Å². The number of terminal acetylenes is 1. The van der Waals surface area contributed by atoms with E-state index in [9.17, 15) is 0 Å². The van der Waals surface area contributed by atoms with E-state index in [0.29, 0.717) is 28.7 Å². The molecule has 1 aromatic heterocycles. The average molecular weight is 461 g/mol. The lowest BCUT2D eigenvalue weighted by Crippen LogP contribution is -2.50. The van der Waals surface area contributed by atoms with Crippen LogP contribution in [0, 0.1) is 24.2 Å². The Hall–Kier alpha value is -3.11. The van der Waals surface area contributed by atoms with Crippen molar-refractivity contribution < 1.29 is 4.74 Å². The number of nitrogens with two attached hydrogens (primary N) is 1. The first kappa shape index (κ1) is 24.0. The molecule has 2 heterocycles. The number of nitrogen functional groups attached to an aromatic ring is 1. The van der Waals surface area contributed by atoms with Crippen LogP contribution in [0.4, 0.5) is 11.5 Å². The first-order valence-corrected chi connectivity index (χ1v) is 12.2. The molecule has 2 aliphatic carbocycles. The zero-order valence-electron chi connectivity index (χ0n) is 20.3. The molecule has 0 spiro atoms. The number of nitrogens with zero attached hydrogens (tertiary/aromatic N) is 4. The molecule has 3 fully saturated rings. The lowest BCUT2D eigenvalue weighted by Gasteiger charge is -2.38. The molecule has 3 N–H and O–H groups in total. The number of benzene rings is 1. The van der Waals surface area contributed by atoms with Crippen LogP contribution in [0.1, 0.15) is 57.2 Å². The summed E-state index contributed by atoms with van der Waals surface area (Å²) in [5.41, 5.74) is 8.23. The molecule has 1 atom stereocenters. The summed E-state index contributed by atoms with van der Waals surface area (Å²) in [5.74, 6) is 2.59. The lowest BCUT2D eigenvalue weighted by atomic mass is 10.0. The van der Waals surface area contributed by atoms with Crippen LogP contribution in [0.15, 0.2) is 30.6 Å². The Bertz CT molecular complexity index is 1030. The minimum Gasteiger partial charge on any atom is -0.488 e. The topological polar surface area (TPSA) is 91.4 Å². The maximum absolute atomic E-state index is 8.77. The van der Waals surface area contributed by atoms with Crippen molar-refractivity contribution in [1.29, 1.82) is 5.41 Å². The highest BCUT2D eigenvalue weighted by molar-refractivity contribution is 6.13. The van der Waals surface area contributed by atoms with Gasteiger partial charge in [-0.1, -0.05) is 12.8 Å². The van der Waals surface area contributed by atoms with E-state index in [1.165, 1.54) is 19.3 Å². The molecular weight excluding hydrogens is 424 g/mol. The van der Waals surface area contributed by atoms with E-state index >= 15 is 0 Å². The van der Waals surface area contributed by atoms with E-state index < -0.39 is 0 Å². The van der Waals surface area contributed by atoms with Gasteiger partial charge >= 0.3 is 0 Å². The summed E-state index contributed by atoms with van der Waals surface area (Å²) in [6.07, 6.45) is 15.8. The van der Waals surface area contributed by atoms with Crippen molar-refractivity contribution in [2.24, 2.45) is 5.92 Å². The first-order valence-electron chi connectivity index (χ1n) is 12.2. The number of ether oxygens (including phenoxy) is 1. The SMILES string of the molecule is C#C.CC(CC1CC1)N1CCN(c2cc(C(=N)c3cc(OC4(C)CC4)ccc3N)ncn2)CC1. The smallest absolute Gasteiger partial charge is 0.132 e. The van der Waals surface area contributed by atoms with Crippen LogP contribution in [0.2, 0.25) is 0 Å². The minimum atomic E-state index is -0.0735. The normalized spacial score (nSPS) is 20.1. The summed E-state index contributed by atoms with van der Waals surface area (Å²) in [6.45, 7) is 8.47. The van der Waals surface area contributed by atoms with Gasteiger partial charge in [0.15, 0.2) is 0 Å². The van der Waals surface area contributed by atoms with Crippen molar-refractivity contribution in [1.82, 2.24) is 14.9 Å². The van der Waals surface area contributed by atoms with Gasteiger partial charge in [0.2, 0.25) is 0 Å². The van der Waals surface area contributed by atoms with Gasteiger partial charge in [-0.2, -0.15) is 0 Å². The molecule has 0 amide bonds. The van der Waals surface area contributed by atoms with Crippen LogP contribution in [-0.4, -0.2) is 58.4 Å². The third-order valence-electron chi connectivity index (χ3n) is 7.15. The van der Waals surface area contributed by atoms with Crippen LogP contribution < -0.4 is 15.4 Å². The molecule has 1 aromatic carbocycles. The molecule has 2 saturated carbocycles. The van der Waals surface area contributed by atoms with Crippen molar-refractivity contribution >= 4 is 17.2 Å². The van der Waals surface area contributed by atoms with Gasteiger partial charge in [0.05, 0.1) is 11.4 Å². The van der Waals surface area contributed by atoms with Gasteiger partial charge < -0.3 is 15.4 Å². The van der Waals surface area contributed by atoms with Gasteiger partial charge in [-0.15, -0.1) is 12.8 Å². The second-order valence-corrected chi connectivity index (χ2v) is 9.99. The lowest BCUT2D eigenvalue weighted by molar-refractivity contribution is 0.183. The molecule has 180 valence electrons. The highest BCUT2D eigenvalue weighted by Crippen LogP contribution is 2.40. The summed E-state index contributed by atoms with van der Waals surface area (Å²) in [6, 6.07) is 8.14. The zero-order valence-corrected chi connectivity index (χ0v) is 20.3. The third-order valence-corrected chi connectivity index (χ3v) is 7.15. The molecule has 0 bridgehead atoms. The molecule has 1 aliphatic heterocycles. The van der Waals surface area contributed by atoms with Crippen molar-refractivity contribution in [2.45, 2.75) is 57.6 Å². The fourth-order valence-corrected chi connectivity index (χ4v) is 4.55. The second kappa shape index (κ2) is 10.0. The fourth-order valence-electron chi connectivity index (χ4n) is 4.55. The number of aromatic nitrogens is 2. The maximum Gasteiger partial charge on any atom is 0.132 e. The summed E-state index contributed by atoms with van der Waals surface area (Å²) in [4.78, 5) is 13.8. The molecule has 0 radical (unpaired) electrons. The number of hydrogen-bond donors (Lipinski definition) is 2. The Morgan fingerprint density at radius 3 is 2.53 bits per heavy atom. The van der Waals surface area contributed by atoms with Crippen LogP contribution in [0.3, 0.4) is 0 Å². The predicted molar refractivity (Wildman–Crippen MR) is 138 cm³/mol. The van der Waals surface area contributed by atoms with Crippen LogP contribution >= 0.6 is 0 Å². The number of anilines is 2. The molecular formula is C27H36N6O. The van der Waals surface area contributed by atoms with Gasteiger partial charge in [-0.3, -0.25) is 10.3 Å². The zero-order chi connectivity index (χ0) is 24.3. The molecule has 34 heavy (non-hydrogen) atoms. The number of nitrogens with one attached hydrogen (secondary N) is 1. The quantitative estimate of drug-likeness (QED) is 0.352. The molecule has 2 aromatic rings. The van der Waals surface area contributed by atoms with Crippen molar-refractivity contribution in [3.05, 3.63) is 41.9 Å². The first-order chi connectivity index (χ1) is 16.4. The van der Waals surface area contributed by atoms with Gasteiger partial charge in [-0.05, 0) is 57.2 Å². The number of rotatable bonds is 8. The van der Waals surface area contributed by atoms with E-state index in [4.69, 9.17) is 15.9 Å². The third kappa shape index (κ3) is 5.68. The standard InChI is InChI=1S/C25H34N6O.C2H2/c1-17(13-18-3-4-18)30-9-11-31(12-10-30)23-15-22(28-16-29-23)24(27)20-14-19(5-6-21(20)26)32-25(2)7-8-25;1-2/h5-6,14-18,27H,3-4,7-13,26H2,1-2H3;1-2H. The Labute approximate surface area is 203 Å². The minimum absolute atomic E-state index is 0.0735. The summed E-state index contributed by atoms with van der Waals surface area (Å²) >= 11 is 0. The van der Waals surface area contributed by atoms with Crippen molar-refractivity contribution in [3.8, 4) is 18.6 Å². The van der Waals surface area contributed by atoms with Gasteiger partial charge in [0.1, 0.15) is 23.5 Å². The molecule has 1 saturated heterocycles. The van der Waals surface area contributed by atoms with E-state index in [1.807, 2.05) is 24.3 Å². The largest absolute Gasteiger partial charge is 0.488 e. The van der Waals surface area contributed by atoms with Crippen LogP contribution in [0.25, 0.3) is 0 Å². The van der Waals surface area contributed by atoms with Crippen LogP contribution in [0.5, 0.6) is 5.75 Å². The van der Waals surface area contributed by atoms with E-state index in [-0.39, 0.29) is 5.60 Å². The van der Waals surface area contributed by atoms with Crippen molar-refractivity contribution in [2.75, 3.05) is 36.8 Å². The Balaban J connectivity index is 0.00000133. The molecule has 5 rings (SSSR count). The maximum atomic E-state index is 8.77. The highest BCUT2D eigenvalue weighted by atomic mass is 16.5. The van der Waals surface area contributed by atoms with Gasteiger partial charge in [-0.25, -0.2) is 9.97 Å². The average Bonchev–Trinajstić information content (AvgIpc) is 3.80. The molecule has 1 unspecified atom stereocenters. The second-order valence-electron chi connectivity index (χ2n) is 9.99. The Morgan fingerprint density at radius 2 is 1.88 bits per heavy atom. The monoisotopic (exact) mass is 460 g/mol. The van der Waals surface area contributed by atoms with Gasteiger partial charge in [0.25, 0.3) is 0 Å². The highest BCUT2D eigenvalue weighted by Gasteiger charge is 2.40. The molecule has 3 aliphatic rings. The summed E-state index contributed by atoms with van der Waals surface area (Å²) < 4.78 is 6.07. The van der Waals surface area contributed by atoms with E-state index in [0.717, 1.165) is 56.5 Å². The predicted octanol–water partition coefficient (Wildman–Crippen LogP) is 3.97.